The average molecular weight is 465 g/mol. The fourth-order valence-corrected chi connectivity index (χ4v) is 4.47. The maximum atomic E-state index is 12.9. The van der Waals surface area contributed by atoms with Gasteiger partial charge in [0.2, 0.25) is 5.91 Å². The van der Waals surface area contributed by atoms with Crippen LogP contribution in [0.3, 0.4) is 0 Å². The van der Waals surface area contributed by atoms with Crippen LogP contribution in [0.15, 0.2) is 71.6 Å². The molecule has 0 saturated heterocycles. The number of benzene rings is 3. The average Bonchev–Trinajstić information content (AvgIpc) is 2.69. The van der Waals surface area contributed by atoms with Gasteiger partial charge in [0.25, 0.3) is 10.0 Å². The summed E-state index contributed by atoms with van der Waals surface area (Å²) in [6, 6.07) is 17.8. The fourth-order valence-electron chi connectivity index (χ4n) is 2.75. The number of amides is 1. The molecule has 0 atom stereocenters. The molecule has 0 aliphatic carbocycles. The SMILES string of the molecule is COc1ccc(NC(=O)Cc2cccc(Cl)c2)cc1S(=O)(=O)Nc1ccccc1Cl. The third-order valence-corrected chi connectivity index (χ3v) is 6.06. The Balaban J connectivity index is 1.84. The topological polar surface area (TPSA) is 84.5 Å². The van der Waals surface area contributed by atoms with E-state index < -0.39 is 10.0 Å². The van der Waals surface area contributed by atoms with Crippen molar-refractivity contribution in [2.75, 3.05) is 17.1 Å². The number of sulfonamides is 1. The molecule has 0 radical (unpaired) electrons. The van der Waals surface area contributed by atoms with Crippen LogP contribution in [0.2, 0.25) is 10.0 Å². The van der Waals surface area contributed by atoms with E-state index in [2.05, 4.69) is 10.0 Å². The minimum atomic E-state index is -4.03. The smallest absolute Gasteiger partial charge is 0.265 e. The highest BCUT2D eigenvalue weighted by Crippen LogP contribution is 2.30. The number of anilines is 2. The molecule has 0 heterocycles. The van der Waals surface area contributed by atoms with Crippen LogP contribution in [0.25, 0.3) is 0 Å². The van der Waals surface area contributed by atoms with Crippen molar-refractivity contribution in [3.63, 3.8) is 0 Å². The summed E-state index contributed by atoms with van der Waals surface area (Å²) in [6.45, 7) is 0. The third kappa shape index (κ3) is 5.44. The van der Waals surface area contributed by atoms with Gasteiger partial charge in [-0.2, -0.15) is 0 Å². The highest BCUT2D eigenvalue weighted by atomic mass is 35.5. The Morgan fingerprint density at radius 1 is 1.00 bits per heavy atom. The molecule has 3 aromatic carbocycles. The van der Waals surface area contributed by atoms with Crippen LogP contribution in [-0.4, -0.2) is 21.4 Å². The van der Waals surface area contributed by atoms with Gasteiger partial charge in [-0.15, -0.1) is 0 Å². The van der Waals surface area contributed by atoms with Crippen molar-refractivity contribution < 1.29 is 17.9 Å². The Bertz CT molecular complexity index is 1180. The van der Waals surface area contributed by atoms with E-state index in [9.17, 15) is 13.2 Å². The van der Waals surface area contributed by atoms with E-state index >= 15 is 0 Å². The van der Waals surface area contributed by atoms with Gasteiger partial charge in [0.05, 0.1) is 24.2 Å². The van der Waals surface area contributed by atoms with Crippen molar-refractivity contribution in [1.29, 1.82) is 0 Å². The number of para-hydroxylation sites is 1. The molecule has 30 heavy (non-hydrogen) atoms. The maximum Gasteiger partial charge on any atom is 0.265 e. The van der Waals surface area contributed by atoms with Crippen LogP contribution in [0.4, 0.5) is 11.4 Å². The van der Waals surface area contributed by atoms with E-state index in [1.165, 1.54) is 19.2 Å². The summed E-state index contributed by atoms with van der Waals surface area (Å²) < 4.78 is 33.5. The van der Waals surface area contributed by atoms with Crippen molar-refractivity contribution in [1.82, 2.24) is 0 Å². The van der Waals surface area contributed by atoms with Crippen molar-refractivity contribution in [3.05, 3.63) is 82.3 Å². The number of carbonyl (C=O) groups is 1. The molecule has 0 aromatic heterocycles. The lowest BCUT2D eigenvalue weighted by molar-refractivity contribution is -0.115. The lowest BCUT2D eigenvalue weighted by Gasteiger charge is -2.14. The van der Waals surface area contributed by atoms with E-state index in [1.807, 2.05) is 0 Å². The largest absolute Gasteiger partial charge is 0.495 e. The van der Waals surface area contributed by atoms with Gasteiger partial charge in [-0.1, -0.05) is 47.5 Å². The van der Waals surface area contributed by atoms with E-state index in [0.717, 1.165) is 5.56 Å². The Morgan fingerprint density at radius 2 is 1.77 bits per heavy atom. The summed E-state index contributed by atoms with van der Waals surface area (Å²) in [6.07, 6.45) is 0.0898. The molecule has 0 bridgehead atoms. The van der Waals surface area contributed by atoms with Gasteiger partial charge in [-0.05, 0) is 48.0 Å². The van der Waals surface area contributed by atoms with E-state index in [-0.39, 0.29) is 33.7 Å². The number of hydrogen-bond acceptors (Lipinski definition) is 4. The van der Waals surface area contributed by atoms with Crippen LogP contribution in [-0.2, 0) is 21.2 Å². The molecule has 0 spiro atoms. The lowest BCUT2D eigenvalue weighted by atomic mass is 10.1. The van der Waals surface area contributed by atoms with Gasteiger partial charge in [0.15, 0.2) is 0 Å². The van der Waals surface area contributed by atoms with Gasteiger partial charge in [-0.3, -0.25) is 9.52 Å². The summed E-state index contributed by atoms with van der Waals surface area (Å²) in [5.74, 6) is -0.188. The molecule has 6 nitrogen and oxygen atoms in total. The molecular formula is C21H18Cl2N2O4S. The Morgan fingerprint density at radius 3 is 2.47 bits per heavy atom. The highest BCUT2D eigenvalue weighted by molar-refractivity contribution is 7.92. The third-order valence-electron chi connectivity index (χ3n) is 4.11. The standard InChI is InChI=1S/C21H18Cl2N2O4S/c1-29-19-10-9-16(24-21(26)12-14-5-4-6-15(22)11-14)13-20(19)30(27,28)25-18-8-3-2-7-17(18)23/h2-11,13,25H,12H2,1H3,(H,24,26). The maximum absolute atomic E-state index is 12.9. The van der Waals surface area contributed by atoms with Crippen molar-refractivity contribution in [3.8, 4) is 5.75 Å². The summed E-state index contributed by atoms with van der Waals surface area (Å²) in [5.41, 5.74) is 1.28. The summed E-state index contributed by atoms with van der Waals surface area (Å²) in [4.78, 5) is 12.2. The zero-order valence-electron chi connectivity index (χ0n) is 15.9. The molecule has 0 aliphatic rings. The zero-order chi connectivity index (χ0) is 21.7. The monoisotopic (exact) mass is 464 g/mol. The Kier molecular flexibility index (Phi) is 6.87. The number of hydrogen-bond donors (Lipinski definition) is 2. The van der Waals surface area contributed by atoms with E-state index in [0.29, 0.717) is 10.7 Å². The number of ether oxygens (including phenoxy) is 1. The fraction of sp³-hybridized carbons (Fsp3) is 0.0952. The molecular weight excluding hydrogens is 447 g/mol. The number of methoxy groups -OCH3 is 1. The molecule has 156 valence electrons. The van der Waals surface area contributed by atoms with Gasteiger partial charge in [0, 0.05) is 10.7 Å². The molecule has 0 aliphatic heterocycles. The van der Waals surface area contributed by atoms with Gasteiger partial charge >= 0.3 is 0 Å². The minimum Gasteiger partial charge on any atom is -0.495 e. The predicted molar refractivity (Wildman–Crippen MR) is 119 cm³/mol. The Labute approximate surface area is 184 Å². The quantitative estimate of drug-likeness (QED) is 0.515. The highest BCUT2D eigenvalue weighted by Gasteiger charge is 2.22. The van der Waals surface area contributed by atoms with Crippen LogP contribution in [0, 0.1) is 0 Å². The van der Waals surface area contributed by atoms with Gasteiger partial charge in [0.1, 0.15) is 10.6 Å². The molecule has 3 aromatic rings. The van der Waals surface area contributed by atoms with Crippen LogP contribution < -0.4 is 14.8 Å². The molecule has 3 rings (SSSR count). The Hall–Kier alpha value is -2.74. The molecule has 9 heteroatoms. The second kappa shape index (κ2) is 9.38. The molecule has 1 amide bonds. The van der Waals surface area contributed by atoms with Crippen molar-refractivity contribution in [2.45, 2.75) is 11.3 Å². The van der Waals surface area contributed by atoms with Crippen molar-refractivity contribution >= 4 is 50.5 Å². The molecule has 0 unspecified atom stereocenters. The first-order valence-corrected chi connectivity index (χ1v) is 11.0. The number of carbonyl (C=O) groups excluding carboxylic acids is 1. The van der Waals surface area contributed by atoms with Crippen LogP contribution in [0.1, 0.15) is 5.56 Å². The van der Waals surface area contributed by atoms with E-state index in [1.54, 1.807) is 54.6 Å². The van der Waals surface area contributed by atoms with Gasteiger partial charge in [-0.25, -0.2) is 8.42 Å². The van der Waals surface area contributed by atoms with Crippen molar-refractivity contribution in [2.24, 2.45) is 0 Å². The first-order chi connectivity index (χ1) is 14.3. The van der Waals surface area contributed by atoms with Crippen LogP contribution in [0.5, 0.6) is 5.75 Å². The summed E-state index contributed by atoms with van der Waals surface area (Å²) in [7, 11) is -2.67. The summed E-state index contributed by atoms with van der Waals surface area (Å²) in [5, 5.41) is 3.48. The molecule has 0 fully saturated rings. The lowest BCUT2D eigenvalue weighted by Crippen LogP contribution is -2.17. The minimum absolute atomic E-state index is 0.0898. The normalized spacial score (nSPS) is 11.0. The van der Waals surface area contributed by atoms with E-state index in [4.69, 9.17) is 27.9 Å². The van der Waals surface area contributed by atoms with Gasteiger partial charge < -0.3 is 10.1 Å². The first kappa shape index (κ1) is 22.0. The molecule has 0 saturated carbocycles. The number of nitrogens with one attached hydrogen (secondary N) is 2. The zero-order valence-corrected chi connectivity index (χ0v) is 18.2. The first-order valence-electron chi connectivity index (χ1n) is 8.78. The molecule has 2 N–H and O–H groups in total. The second-order valence-electron chi connectivity index (χ2n) is 6.31. The van der Waals surface area contributed by atoms with Crippen LogP contribution >= 0.6 is 23.2 Å². The second-order valence-corrected chi connectivity index (χ2v) is 8.80. The summed E-state index contributed by atoms with van der Waals surface area (Å²) >= 11 is 12.0. The number of halogens is 2. The number of rotatable bonds is 7. The predicted octanol–water partition coefficient (Wildman–Crippen LogP) is 4.98.